The molecule has 186 valence electrons. The Morgan fingerprint density at radius 1 is 1.03 bits per heavy atom. The van der Waals surface area contributed by atoms with Crippen LogP contribution in [0, 0.1) is 0 Å². The van der Waals surface area contributed by atoms with Gasteiger partial charge in [0.25, 0.3) is 5.56 Å². The Hall–Kier alpha value is -2.60. The van der Waals surface area contributed by atoms with E-state index < -0.39 is 5.60 Å². The molecule has 0 bridgehead atoms. The Morgan fingerprint density at radius 3 is 2.26 bits per heavy atom. The predicted molar refractivity (Wildman–Crippen MR) is 142 cm³/mol. The molecule has 1 heterocycles. The fourth-order valence-electron chi connectivity index (χ4n) is 3.78. The van der Waals surface area contributed by atoms with Gasteiger partial charge in [0.15, 0.2) is 0 Å². The second-order valence-electron chi connectivity index (χ2n) is 9.69. The predicted octanol–water partition coefficient (Wildman–Crippen LogP) is 6.55. The average molecular weight is 515 g/mol. The van der Waals surface area contributed by atoms with Gasteiger partial charge in [-0.1, -0.05) is 65.7 Å². The Bertz CT molecular complexity index is 1220. The molecule has 0 spiro atoms. The number of ether oxygens (including phenoxy) is 1. The van der Waals surface area contributed by atoms with Crippen LogP contribution in [0.3, 0.4) is 0 Å². The molecule has 2 aromatic carbocycles. The van der Waals surface area contributed by atoms with Crippen LogP contribution in [0.25, 0.3) is 0 Å². The Kier molecular flexibility index (Phi) is 8.81. The lowest BCUT2D eigenvalue weighted by molar-refractivity contribution is 0.00695. The molecule has 1 atom stereocenters. The second kappa shape index (κ2) is 11.4. The highest BCUT2D eigenvalue weighted by Crippen LogP contribution is 2.25. The summed E-state index contributed by atoms with van der Waals surface area (Å²) in [5.41, 5.74) is 2.55. The molecule has 0 N–H and O–H groups in total. The van der Waals surface area contributed by atoms with Crippen LogP contribution in [-0.4, -0.2) is 28.1 Å². The highest BCUT2D eigenvalue weighted by Gasteiger charge is 2.19. The highest BCUT2D eigenvalue weighted by atomic mass is 35.5. The standard InChI is InChI=1S/C28H32Cl2N2O3/c1-19(21-9-7-6-8-10-21)31(5)18-25-23(29)17-24(30)26(33)32(25)16-15-20-11-13-22(14-12-20)27(34)35-28(2,3)4/h6-14,17,19H,15-16,18H2,1-5H3/t19-/m0/s1. The average Bonchev–Trinajstić information content (AvgIpc) is 2.81. The maximum absolute atomic E-state index is 13.0. The maximum Gasteiger partial charge on any atom is 0.338 e. The lowest BCUT2D eigenvalue weighted by Gasteiger charge is -2.27. The minimum absolute atomic E-state index is 0.0952. The van der Waals surface area contributed by atoms with Crippen LogP contribution in [0.15, 0.2) is 65.5 Å². The van der Waals surface area contributed by atoms with E-state index in [0.717, 1.165) is 11.3 Å². The second-order valence-corrected chi connectivity index (χ2v) is 10.5. The SMILES string of the molecule is C[C@@H](c1ccccc1)N(C)Cc1c(Cl)cc(Cl)c(=O)n1CCc1ccc(C(=O)OC(C)(C)C)cc1. The quantitative estimate of drug-likeness (QED) is 0.320. The molecular formula is C28H32Cl2N2O3. The third-order valence-corrected chi connectivity index (χ3v) is 6.46. The Morgan fingerprint density at radius 2 is 1.66 bits per heavy atom. The van der Waals surface area contributed by atoms with Crippen molar-refractivity contribution in [2.24, 2.45) is 0 Å². The molecule has 0 aliphatic heterocycles. The minimum Gasteiger partial charge on any atom is -0.456 e. The first kappa shape index (κ1) is 27.0. The number of aryl methyl sites for hydroxylation is 1. The van der Waals surface area contributed by atoms with Gasteiger partial charge in [-0.05, 0) is 70.5 Å². The highest BCUT2D eigenvalue weighted by molar-refractivity contribution is 6.34. The summed E-state index contributed by atoms with van der Waals surface area (Å²) < 4.78 is 7.07. The van der Waals surface area contributed by atoms with Crippen LogP contribution < -0.4 is 5.56 Å². The number of aromatic nitrogens is 1. The summed E-state index contributed by atoms with van der Waals surface area (Å²) in [6.07, 6.45) is 0.579. The number of esters is 1. The largest absolute Gasteiger partial charge is 0.456 e. The van der Waals surface area contributed by atoms with Crippen molar-refractivity contribution in [3.63, 3.8) is 0 Å². The fraction of sp³-hybridized carbons (Fsp3) is 0.357. The number of carbonyl (C=O) groups excluding carboxylic acids is 1. The summed E-state index contributed by atoms with van der Waals surface area (Å²) in [7, 11) is 2.01. The van der Waals surface area contributed by atoms with Crippen LogP contribution in [0.2, 0.25) is 10.0 Å². The summed E-state index contributed by atoms with van der Waals surface area (Å²) >= 11 is 12.8. The summed E-state index contributed by atoms with van der Waals surface area (Å²) in [4.78, 5) is 27.4. The minimum atomic E-state index is -0.551. The third kappa shape index (κ3) is 7.20. The number of nitrogens with zero attached hydrogens (tertiary/aromatic N) is 2. The van der Waals surface area contributed by atoms with Crippen molar-refractivity contribution in [1.82, 2.24) is 9.47 Å². The van der Waals surface area contributed by atoms with Gasteiger partial charge < -0.3 is 9.30 Å². The molecule has 0 saturated carbocycles. The number of hydrogen-bond donors (Lipinski definition) is 0. The van der Waals surface area contributed by atoms with Crippen molar-refractivity contribution >= 4 is 29.2 Å². The van der Waals surface area contributed by atoms with Crippen molar-refractivity contribution < 1.29 is 9.53 Å². The molecule has 0 unspecified atom stereocenters. The normalized spacial score (nSPS) is 12.6. The van der Waals surface area contributed by atoms with E-state index in [-0.39, 0.29) is 22.6 Å². The molecule has 0 saturated heterocycles. The van der Waals surface area contributed by atoms with Gasteiger partial charge in [-0.3, -0.25) is 9.69 Å². The van der Waals surface area contributed by atoms with E-state index in [0.29, 0.717) is 30.1 Å². The third-order valence-electron chi connectivity index (χ3n) is 5.86. The number of pyridine rings is 1. The van der Waals surface area contributed by atoms with Gasteiger partial charge in [-0.25, -0.2) is 4.79 Å². The summed E-state index contributed by atoms with van der Waals surface area (Å²) in [6.45, 7) is 8.52. The monoisotopic (exact) mass is 514 g/mol. The Balaban J connectivity index is 1.78. The lowest BCUT2D eigenvalue weighted by Crippen LogP contribution is -2.30. The van der Waals surface area contributed by atoms with Crippen LogP contribution in [0.5, 0.6) is 0 Å². The molecule has 3 aromatic rings. The molecule has 0 fully saturated rings. The smallest absolute Gasteiger partial charge is 0.338 e. The van der Waals surface area contributed by atoms with E-state index in [2.05, 4.69) is 24.0 Å². The molecule has 0 amide bonds. The fourth-order valence-corrected chi connectivity index (χ4v) is 4.32. The summed E-state index contributed by atoms with van der Waals surface area (Å²) in [5, 5.41) is 0.555. The molecule has 5 nitrogen and oxygen atoms in total. The summed E-state index contributed by atoms with van der Waals surface area (Å²) in [5.74, 6) is -0.361. The molecule has 0 aliphatic carbocycles. The van der Waals surface area contributed by atoms with Crippen LogP contribution in [0.1, 0.15) is 60.9 Å². The zero-order chi connectivity index (χ0) is 25.8. The topological polar surface area (TPSA) is 51.5 Å². The van der Waals surface area contributed by atoms with Gasteiger partial charge in [-0.2, -0.15) is 0 Å². The molecule has 35 heavy (non-hydrogen) atoms. The molecule has 3 rings (SSSR count). The lowest BCUT2D eigenvalue weighted by atomic mass is 10.1. The van der Waals surface area contributed by atoms with Gasteiger partial charge in [0.2, 0.25) is 0 Å². The zero-order valence-corrected chi connectivity index (χ0v) is 22.4. The van der Waals surface area contributed by atoms with Gasteiger partial charge in [0.05, 0.1) is 16.3 Å². The Labute approximate surface area is 217 Å². The van der Waals surface area contributed by atoms with Gasteiger partial charge >= 0.3 is 5.97 Å². The first-order chi connectivity index (χ1) is 16.5. The number of rotatable bonds is 8. The summed E-state index contributed by atoms with van der Waals surface area (Å²) in [6, 6.07) is 19.1. The zero-order valence-electron chi connectivity index (χ0n) is 20.8. The van der Waals surface area contributed by atoms with Crippen molar-refractivity contribution in [2.45, 2.75) is 58.8 Å². The van der Waals surface area contributed by atoms with Crippen molar-refractivity contribution in [3.8, 4) is 0 Å². The first-order valence-electron chi connectivity index (χ1n) is 11.6. The van der Waals surface area contributed by atoms with E-state index in [1.807, 2.05) is 58.2 Å². The van der Waals surface area contributed by atoms with Gasteiger partial charge in [0.1, 0.15) is 10.6 Å². The number of benzene rings is 2. The molecule has 0 radical (unpaired) electrons. The number of carbonyl (C=O) groups is 1. The molecule has 1 aromatic heterocycles. The first-order valence-corrected chi connectivity index (χ1v) is 12.4. The van der Waals surface area contributed by atoms with Crippen LogP contribution >= 0.6 is 23.2 Å². The van der Waals surface area contributed by atoms with Gasteiger partial charge in [0, 0.05) is 19.1 Å². The van der Waals surface area contributed by atoms with Crippen molar-refractivity contribution in [2.75, 3.05) is 7.05 Å². The van der Waals surface area contributed by atoms with E-state index in [4.69, 9.17) is 27.9 Å². The van der Waals surface area contributed by atoms with Crippen molar-refractivity contribution in [1.29, 1.82) is 0 Å². The van der Waals surface area contributed by atoms with Crippen molar-refractivity contribution in [3.05, 3.63) is 103 Å². The maximum atomic E-state index is 13.0. The van der Waals surface area contributed by atoms with E-state index >= 15 is 0 Å². The molecule has 7 heteroatoms. The molecule has 0 aliphatic rings. The van der Waals surface area contributed by atoms with E-state index in [9.17, 15) is 9.59 Å². The van der Waals surface area contributed by atoms with Gasteiger partial charge in [-0.15, -0.1) is 0 Å². The van der Waals surface area contributed by atoms with Crippen LogP contribution in [-0.2, 0) is 24.2 Å². The van der Waals surface area contributed by atoms with E-state index in [1.54, 1.807) is 16.7 Å². The van der Waals surface area contributed by atoms with Crippen LogP contribution in [0.4, 0.5) is 0 Å². The number of hydrogen-bond acceptors (Lipinski definition) is 4. The van der Waals surface area contributed by atoms with E-state index in [1.165, 1.54) is 11.6 Å². The number of halogens is 2. The molecular weight excluding hydrogens is 483 g/mol.